The highest BCUT2D eigenvalue weighted by Crippen LogP contribution is 2.38. The lowest BCUT2D eigenvalue weighted by Crippen LogP contribution is -2.19. The molecule has 0 spiro atoms. The molecule has 0 radical (unpaired) electrons. The van der Waals surface area contributed by atoms with Crippen LogP contribution < -0.4 is 0 Å². The van der Waals surface area contributed by atoms with Gasteiger partial charge in [0.1, 0.15) is 5.76 Å². The molecule has 1 aliphatic carbocycles. The summed E-state index contributed by atoms with van der Waals surface area (Å²) in [6.45, 7) is 2.11. The average molecular weight is 194 g/mol. The van der Waals surface area contributed by atoms with E-state index in [1.807, 2.05) is 6.07 Å². The molecule has 2 unspecified atom stereocenters. The Balaban J connectivity index is 2.26. The van der Waals surface area contributed by atoms with Gasteiger partial charge in [-0.15, -0.1) is 0 Å². The fourth-order valence-electron chi connectivity index (χ4n) is 2.25. The molecule has 1 N–H and O–H groups in total. The first-order valence-electron chi connectivity index (χ1n) is 4.96. The molecule has 1 aromatic rings. The summed E-state index contributed by atoms with van der Waals surface area (Å²) in [5.74, 6) is 0.830. The Morgan fingerprint density at radius 1 is 1.71 bits per heavy atom. The lowest BCUT2D eigenvalue weighted by molar-refractivity contribution is -0.137. The third kappa shape index (κ3) is 1.54. The molecule has 0 bridgehead atoms. The maximum Gasteiger partial charge on any atom is 0.303 e. The first-order chi connectivity index (χ1) is 6.68. The molecular weight excluding hydrogens is 180 g/mol. The molecule has 0 saturated carbocycles. The quantitative estimate of drug-likeness (QED) is 0.786. The lowest BCUT2D eigenvalue weighted by atomic mass is 9.77. The van der Waals surface area contributed by atoms with Crippen molar-refractivity contribution in [3.63, 3.8) is 0 Å². The highest BCUT2D eigenvalue weighted by Gasteiger charge is 2.30. The third-order valence-electron chi connectivity index (χ3n) is 3.09. The summed E-state index contributed by atoms with van der Waals surface area (Å²) in [4.78, 5) is 10.7. The van der Waals surface area contributed by atoms with Crippen LogP contribution in [0.2, 0.25) is 0 Å². The first kappa shape index (κ1) is 9.31. The minimum absolute atomic E-state index is 0.134. The fraction of sp³-hybridized carbons (Fsp3) is 0.545. The predicted molar refractivity (Wildman–Crippen MR) is 51.2 cm³/mol. The molecule has 0 fully saturated rings. The monoisotopic (exact) mass is 194 g/mol. The Kier molecular flexibility index (Phi) is 2.32. The SMILES string of the molecule is CC1CCc2occc2C1CC(=O)O. The second kappa shape index (κ2) is 3.48. The smallest absolute Gasteiger partial charge is 0.303 e. The van der Waals surface area contributed by atoms with E-state index in [1.54, 1.807) is 6.26 Å². The van der Waals surface area contributed by atoms with Crippen molar-refractivity contribution in [1.82, 2.24) is 0 Å². The zero-order valence-electron chi connectivity index (χ0n) is 8.19. The number of aliphatic carboxylic acids is 1. The molecule has 0 aromatic carbocycles. The van der Waals surface area contributed by atoms with Crippen molar-refractivity contribution >= 4 is 5.97 Å². The van der Waals surface area contributed by atoms with E-state index in [2.05, 4.69) is 6.92 Å². The van der Waals surface area contributed by atoms with E-state index in [0.717, 1.165) is 24.2 Å². The maximum absolute atomic E-state index is 10.7. The summed E-state index contributed by atoms with van der Waals surface area (Å²) in [7, 11) is 0. The molecule has 3 heteroatoms. The predicted octanol–water partition coefficient (Wildman–Crippen LogP) is 2.42. The number of hydrogen-bond acceptors (Lipinski definition) is 2. The molecule has 0 saturated heterocycles. The number of carboxylic acids is 1. The van der Waals surface area contributed by atoms with Crippen LogP contribution in [0.1, 0.15) is 37.0 Å². The normalized spacial score (nSPS) is 25.8. The minimum Gasteiger partial charge on any atom is -0.481 e. The van der Waals surface area contributed by atoms with Gasteiger partial charge in [-0.2, -0.15) is 0 Å². The molecular formula is C11H14O3. The summed E-state index contributed by atoms with van der Waals surface area (Å²) in [5.41, 5.74) is 1.10. The number of rotatable bonds is 2. The van der Waals surface area contributed by atoms with Gasteiger partial charge in [0.25, 0.3) is 0 Å². The topological polar surface area (TPSA) is 50.4 Å². The van der Waals surface area contributed by atoms with Crippen LogP contribution in [-0.2, 0) is 11.2 Å². The van der Waals surface area contributed by atoms with Gasteiger partial charge in [0.05, 0.1) is 12.7 Å². The fourth-order valence-corrected chi connectivity index (χ4v) is 2.25. The van der Waals surface area contributed by atoms with Crippen molar-refractivity contribution in [3.05, 3.63) is 23.7 Å². The number of carboxylic acid groups (broad SMARTS) is 1. The lowest BCUT2D eigenvalue weighted by Gasteiger charge is -2.26. The molecule has 1 heterocycles. The van der Waals surface area contributed by atoms with E-state index < -0.39 is 5.97 Å². The first-order valence-corrected chi connectivity index (χ1v) is 4.96. The van der Waals surface area contributed by atoms with Crippen LogP contribution in [-0.4, -0.2) is 11.1 Å². The Hall–Kier alpha value is -1.25. The van der Waals surface area contributed by atoms with Gasteiger partial charge in [-0.3, -0.25) is 4.79 Å². The van der Waals surface area contributed by atoms with E-state index >= 15 is 0 Å². The van der Waals surface area contributed by atoms with Gasteiger partial charge in [0.15, 0.2) is 0 Å². The van der Waals surface area contributed by atoms with Crippen molar-refractivity contribution in [2.45, 2.75) is 32.1 Å². The Bertz CT molecular complexity index is 340. The highest BCUT2D eigenvalue weighted by molar-refractivity contribution is 5.68. The van der Waals surface area contributed by atoms with Crippen molar-refractivity contribution in [3.8, 4) is 0 Å². The van der Waals surface area contributed by atoms with E-state index in [1.165, 1.54) is 0 Å². The van der Waals surface area contributed by atoms with E-state index in [4.69, 9.17) is 9.52 Å². The summed E-state index contributed by atoms with van der Waals surface area (Å²) in [6, 6.07) is 1.92. The zero-order valence-corrected chi connectivity index (χ0v) is 8.19. The number of fused-ring (bicyclic) bond motifs is 1. The second-order valence-electron chi connectivity index (χ2n) is 4.02. The van der Waals surface area contributed by atoms with Crippen LogP contribution in [0.4, 0.5) is 0 Å². The van der Waals surface area contributed by atoms with Crippen LogP contribution >= 0.6 is 0 Å². The van der Waals surface area contributed by atoms with Crippen LogP contribution in [0.15, 0.2) is 16.7 Å². The summed E-state index contributed by atoms with van der Waals surface area (Å²) in [6.07, 6.45) is 3.85. The molecule has 0 aliphatic heterocycles. The van der Waals surface area contributed by atoms with Gasteiger partial charge in [-0.05, 0) is 24.0 Å². The Morgan fingerprint density at radius 2 is 2.50 bits per heavy atom. The number of aryl methyl sites for hydroxylation is 1. The highest BCUT2D eigenvalue weighted by atomic mass is 16.4. The van der Waals surface area contributed by atoms with Crippen molar-refractivity contribution < 1.29 is 14.3 Å². The molecule has 1 aliphatic rings. The van der Waals surface area contributed by atoms with Crippen molar-refractivity contribution in [2.24, 2.45) is 5.92 Å². The Morgan fingerprint density at radius 3 is 3.21 bits per heavy atom. The molecule has 3 nitrogen and oxygen atoms in total. The molecule has 0 amide bonds. The van der Waals surface area contributed by atoms with E-state index in [-0.39, 0.29) is 12.3 Å². The summed E-state index contributed by atoms with van der Waals surface area (Å²) in [5, 5.41) is 8.82. The molecule has 2 rings (SSSR count). The summed E-state index contributed by atoms with van der Waals surface area (Å²) < 4.78 is 5.32. The molecule has 2 atom stereocenters. The largest absolute Gasteiger partial charge is 0.481 e. The molecule has 76 valence electrons. The zero-order chi connectivity index (χ0) is 10.1. The number of carbonyl (C=O) groups is 1. The van der Waals surface area contributed by atoms with Crippen molar-refractivity contribution in [2.75, 3.05) is 0 Å². The standard InChI is InChI=1S/C11H14O3/c1-7-2-3-10-8(4-5-14-10)9(7)6-11(12)13/h4-5,7,9H,2-3,6H2,1H3,(H,12,13). The van der Waals surface area contributed by atoms with Crippen LogP contribution in [0.3, 0.4) is 0 Å². The van der Waals surface area contributed by atoms with Crippen molar-refractivity contribution in [1.29, 1.82) is 0 Å². The van der Waals surface area contributed by atoms with Crippen LogP contribution in [0.5, 0.6) is 0 Å². The second-order valence-corrected chi connectivity index (χ2v) is 4.02. The van der Waals surface area contributed by atoms with Gasteiger partial charge >= 0.3 is 5.97 Å². The van der Waals surface area contributed by atoms with Crippen LogP contribution in [0, 0.1) is 5.92 Å². The summed E-state index contributed by atoms with van der Waals surface area (Å²) >= 11 is 0. The number of hydrogen-bond donors (Lipinski definition) is 1. The third-order valence-corrected chi connectivity index (χ3v) is 3.09. The van der Waals surface area contributed by atoms with E-state index in [0.29, 0.717) is 5.92 Å². The van der Waals surface area contributed by atoms with E-state index in [9.17, 15) is 4.79 Å². The van der Waals surface area contributed by atoms with Gasteiger partial charge in [0, 0.05) is 12.3 Å². The number of furan rings is 1. The molecule has 14 heavy (non-hydrogen) atoms. The maximum atomic E-state index is 10.7. The van der Waals surface area contributed by atoms with Gasteiger partial charge < -0.3 is 9.52 Å². The Labute approximate surface area is 82.7 Å². The van der Waals surface area contributed by atoms with Gasteiger partial charge in [-0.1, -0.05) is 6.92 Å². The molecule has 1 aromatic heterocycles. The van der Waals surface area contributed by atoms with Gasteiger partial charge in [-0.25, -0.2) is 0 Å². The van der Waals surface area contributed by atoms with Crippen LogP contribution in [0.25, 0.3) is 0 Å². The van der Waals surface area contributed by atoms with Gasteiger partial charge in [0.2, 0.25) is 0 Å². The minimum atomic E-state index is -0.726. The average Bonchev–Trinajstić information content (AvgIpc) is 2.57.